The minimum atomic E-state index is -0.662. The van der Waals surface area contributed by atoms with E-state index in [0.29, 0.717) is 0 Å². The summed E-state index contributed by atoms with van der Waals surface area (Å²) in [5.74, 6) is -1.27. The molecule has 0 aliphatic heterocycles. The van der Waals surface area contributed by atoms with Gasteiger partial charge in [0.05, 0.1) is 16.8 Å². The first-order valence-electron chi connectivity index (χ1n) is 6.28. The van der Waals surface area contributed by atoms with E-state index in [-0.39, 0.29) is 16.9 Å². The molecule has 2 rings (SSSR count). The van der Waals surface area contributed by atoms with Crippen LogP contribution in [0, 0.1) is 22.9 Å². The van der Waals surface area contributed by atoms with Gasteiger partial charge in [0.1, 0.15) is 12.4 Å². The third-order valence-electron chi connectivity index (χ3n) is 2.96. The summed E-state index contributed by atoms with van der Waals surface area (Å²) < 4.78 is 14.3. The van der Waals surface area contributed by atoms with E-state index in [4.69, 9.17) is 0 Å². The topological polar surface area (TPSA) is 94.2 Å². The lowest BCUT2D eigenvalue weighted by Crippen LogP contribution is -2.27. The summed E-state index contributed by atoms with van der Waals surface area (Å²) in [6.45, 7) is 0.984. The smallest absolute Gasteiger partial charge is 0.288 e. The number of benzene rings is 1. The molecule has 1 amide bonds. The molecule has 0 aliphatic carbocycles. The van der Waals surface area contributed by atoms with E-state index in [1.54, 1.807) is 6.07 Å². The van der Waals surface area contributed by atoms with Gasteiger partial charge in [0.25, 0.3) is 11.2 Å². The Hall–Kier alpha value is -3.03. The molecule has 0 aliphatic rings. The molecule has 0 unspecified atom stereocenters. The molecule has 8 heteroatoms. The number of halogens is 1. The average molecular weight is 305 g/mol. The van der Waals surface area contributed by atoms with Crippen molar-refractivity contribution in [1.29, 1.82) is 0 Å². The lowest BCUT2D eigenvalue weighted by atomic mass is 10.2. The maximum atomic E-state index is 13.4. The van der Waals surface area contributed by atoms with Crippen LogP contribution in [0.3, 0.4) is 0 Å². The lowest BCUT2D eigenvalue weighted by Gasteiger charge is -2.08. The Kier molecular flexibility index (Phi) is 4.31. The van der Waals surface area contributed by atoms with E-state index >= 15 is 0 Å². The molecular weight excluding hydrogens is 293 g/mol. The SMILES string of the molecule is Cc1cc(=O)n(CC(=O)Nc2ccccc2F)cc1[N+](=O)[O-]. The van der Waals surface area contributed by atoms with Crippen molar-refractivity contribution in [3.8, 4) is 0 Å². The second-order valence-corrected chi connectivity index (χ2v) is 4.59. The zero-order valence-electron chi connectivity index (χ0n) is 11.6. The summed E-state index contributed by atoms with van der Waals surface area (Å²) >= 11 is 0. The Morgan fingerprint density at radius 3 is 2.73 bits per heavy atom. The number of carbonyl (C=O) groups is 1. The molecule has 0 fully saturated rings. The van der Waals surface area contributed by atoms with Gasteiger partial charge >= 0.3 is 0 Å². The molecule has 0 saturated heterocycles. The lowest BCUT2D eigenvalue weighted by molar-refractivity contribution is -0.385. The number of nitrogens with zero attached hydrogens (tertiary/aromatic N) is 2. The minimum Gasteiger partial charge on any atom is -0.322 e. The zero-order chi connectivity index (χ0) is 16.3. The summed E-state index contributed by atoms with van der Waals surface area (Å²) in [5.41, 5.74) is -0.631. The van der Waals surface area contributed by atoms with Crippen LogP contribution in [0.2, 0.25) is 0 Å². The fraction of sp³-hybridized carbons (Fsp3) is 0.143. The van der Waals surface area contributed by atoms with Crippen molar-refractivity contribution in [2.45, 2.75) is 13.5 Å². The highest BCUT2D eigenvalue weighted by molar-refractivity contribution is 5.90. The molecule has 22 heavy (non-hydrogen) atoms. The number of nitro groups is 1. The third kappa shape index (κ3) is 3.35. The number of rotatable bonds is 4. The Balaban J connectivity index is 2.22. The van der Waals surface area contributed by atoms with Crippen molar-refractivity contribution >= 4 is 17.3 Å². The fourth-order valence-corrected chi connectivity index (χ4v) is 1.88. The van der Waals surface area contributed by atoms with Crippen LogP contribution in [0.4, 0.5) is 15.8 Å². The predicted molar refractivity (Wildman–Crippen MR) is 77.1 cm³/mol. The Morgan fingerprint density at radius 2 is 2.09 bits per heavy atom. The Labute approximate surface area is 124 Å². The average Bonchev–Trinajstić information content (AvgIpc) is 2.44. The van der Waals surface area contributed by atoms with E-state index in [2.05, 4.69) is 5.32 Å². The van der Waals surface area contributed by atoms with E-state index < -0.39 is 28.8 Å². The summed E-state index contributed by atoms with van der Waals surface area (Å²) in [6.07, 6.45) is 0.999. The van der Waals surface area contributed by atoms with Crippen molar-refractivity contribution in [2.24, 2.45) is 0 Å². The molecule has 0 atom stereocenters. The van der Waals surface area contributed by atoms with Crippen LogP contribution < -0.4 is 10.9 Å². The highest BCUT2D eigenvalue weighted by atomic mass is 19.1. The van der Waals surface area contributed by atoms with Gasteiger partial charge in [-0.3, -0.25) is 24.3 Å². The van der Waals surface area contributed by atoms with Crippen molar-refractivity contribution < 1.29 is 14.1 Å². The number of hydrogen-bond acceptors (Lipinski definition) is 4. The van der Waals surface area contributed by atoms with Gasteiger partial charge < -0.3 is 5.32 Å². The molecule has 7 nitrogen and oxygen atoms in total. The Bertz CT molecular complexity index is 801. The maximum absolute atomic E-state index is 13.4. The molecule has 0 saturated carbocycles. The second-order valence-electron chi connectivity index (χ2n) is 4.59. The van der Waals surface area contributed by atoms with Crippen LogP contribution in [-0.2, 0) is 11.3 Å². The summed E-state index contributed by atoms with van der Waals surface area (Å²) in [7, 11) is 0. The molecule has 0 spiro atoms. The number of amides is 1. The van der Waals surface area contributed by atoms with E-state index in [1.165, 1.54) is 25.1 Å². The summed E-state index contributed by atoms with van der Waals surface area (Å²) in [5, 5.41) is 13.2. The van der Waals surface area contributed by atoms with Crippen LogP contribution in [0.15, 0.2) is 41.3 Å². The second kappa shape index (κ2) is 6.17. The van der Waals surface area contributed by atoms with Gasteiger partial charge in [0, 0.05) is 11.6 Å². The first-order valence-corrected chi connectivity index (χ1v) is 6.28. The van der Waals surface area contributed by atoms with Gasteiger partial charge in [-0.05, 0) is 19.1 Å². The van der Waals surface area contributed by atoms with Crippen LogP contribution in [0.5, 0.6) is 0 Å². The van der Waals surface area contributed by atoms with Gasteiger partial charge in [-0.25, -0.2) is 4.39 Å². The fourth-order valence-electron chi connectivity index (χ4n) is 1.88. The molecule has 2 aromatic rings. The van der Waals surface area contributed by atoms with E-state index in [0.717, 1.165) is 16.8 Å². The molecule has 1 N–H and O–H groups in total. The summed E-state index contributed by atoms with van der Waals surface area (Å²) in [4.78, 5) is 33.8. The number of hydrogen-bond donors (Lipinski definition) is 1. The van der Waals surface area contributed by atoms with Gasteiger partial charge in [0.15, 0.2) is 0 Å². The zero-order valence-corrected chi connectivity index (χ0v) is 11.6. The molecule has 1 aromatic carbocycles. The standard InChI is InChI=1S/C14H12FN3O4/c1-9-6-14(20)17(7-12(9)18(21)22)8-13(19)16-11-5-3-2-4-10(11)15/h2-7H,8H2,1H3,(H,16,19). The molecule has 0 radical (unpaired) electrons. The monoisotopic (exact) mass is 305 g/mol. The summed E-state index contributed by atoms with van der Waals surface area (Å²) in [6, 6.07) is 6.64. The van der Waals surface area contributed by atoms with Crippen LogP contribution in [0.25, 0.3) is 0 Å². The van der Waals surface area contributed by atoms with Gasteiger partial charge in [-0.1, -0.05) is 12.1 Å². The quantitative estimate of drug-likeness (QED) is 0.689. The highest BCUT2D eigenvalue weighted by Crippen LogP contribution is 2.15. The van der Waals surface area contributed by atoms with E-state index in [9.17, 15) is 24.1 Å². The molecule has 114 valence electrons. The van der Waals surface area contributed by atoms with Gasteiger partial charge in [-0.2, -0.15) is 0 Å². The van der Waals surface area contributed by atoms with Crippen molar-refractivity contribution in [1.82, 2.24) is 4.57 Å². The third-order valence-corrected chi connectivity index (χ3v) is 2.96. The minimum absolute atomic E-state index is 0.0258. The van der Waals surface area contributed by atoms with Crippen molar-refractivity contribution in [2.75, 3.05) is 5.32 Å². The first kappa shape index (κ1) is 15.4. The predicted octanol–water partition coefficient (Wildman–Crippen LogP) is 1.84. The number of aromatic nitrogens is 1. The van der Waals surface area contributed by atoms with E-state index in [1.807, 2.05) is 0 Å². The Morgan fingerprint density at radius 1 is 1.41 bits per heavy atom. The largest absolute Gasteiger partial charge is 0.322 e. The van der Waals surface area contributed by atoms with Crippen LogP contribution >= 0.6 is 0 Å². The number of carbonyl (C=O) groups excluding carboxylic acids is 1. The van der Waals surface area contributed by atoms with Crippen LogP contribution in [-0.4, -0.2) is 15.4 Å². The number of pyridine rings is 1. The molecular formula is C14H12FN3O4. The number of para-hydroxylation sites is 1. The number of aryl methyl sites for hydroxylation is 1. The van der Waals surface area contributed by atoms with Crippen LogP contribution in [0.1, 0.15) is 5.56 Å². The normalized spacial score (nSPS) is 10.3. The molecule has 1 heterocycles. The van der Waals surface area contributed by atoms with Crippen molar-refractivity contribution in [3.05, 3.63) is 68.4 Å². The number of anilines is 1. The molecule has 1 aromatic heterocycles. The molecule has 0 bridgehead atoms. The maximum Gasteiger partial charge on any atom is 0.288 e. The highest BCUT2D eigenvalue weighted by Gasteiger charge is 2.15. The van der Waals surface area contributed by atoms with Crippen molar-refractivity contribution in [3.63, 3.8) is 0 Å². The first-order chi connectivity index (χ1) is 10.4. The van der Waals surface area contributed by atoms with Gasteiger partial charge in [0.2, 0.25) is 5.91 Å². The van der Waals surface area contributed by atoms with Gasteiger partial charge in [-0.15, -0.1) is 0 Å². The number of nitrogens with one attached hydrogen (secondary N) is 1.